The number of aliphatic carboxylic acids is 1. The molecule has 2 aromatic carbocycles. The minimum absolute atomic E-state index is 0.0643. The van der Waals surface area contributed by atoms with Crippen molar-refractivity contribution in [1.29, 1.82) is 0 Å². The van der Waals surface area contributed by atoms with Gasteiger partial charge >= 0.3 is 5.97 Å². The Hall–Kier alpha value is -2.31. The fourth-order valence-corrected chi connectivity index (χ4v) is 3.26. The fourth-order valence-electron chi connectivity index (χ4n) is 2.39. The van der Waals surface area contributed by atoms with E-state index in [4.69, 9.17) is 16.7 Å². The van der Waals surface area contributed by atoms with E-state index in [0.717, 1.165) is 0 Å². The number of benzene rings is 2. The molecule has 0 aliphatic rings. The fraction of sp³-hybridized carbons (Fsp3) is 0.118. The number of halogens is 1. The summed E-state index contributed by atoms with van der Waals surface area (Å²) in [5.74, 6) is -0.214. The van der Waals surface area contributed by atoms with Gasteiger partial charge in [-0.1, -0.05) is 35.9 Å². The molecule has 0 atom stereocenters. The Morgan fingerprint density at radius 2 is 1.88 bits per heavy atom. The Morgan fingerprint density at radius 1 is 1.17 bits per heavy atom. The molecular weight excluding hydrogens is 348 g/mol. The van der Waals surface area contributed by atoms with Gasteiger partial charge in [-0.05, 0) is 24.3 Å². The van der Waals surface area contributed by atoms with Gasteiger partial charge in [0.05, 0.1) is 33.1 Å². The molecule has 1 heterocycles. The van der Waals surface area contributed by atoms with E-state index in [2.05, 4.69) is 4.98 Å². The van der Waals surface area contributed by atoms with E-state index in [-0.39, 0.29) is 17.1 Å². The average molecular weight is 361 g/mol. The van der Waals surface area contributed by atoms with Crippen LogP contribution in [0.15, 0.2) is 53.3 Å². The highest BCUT2D eigenvalue weighted by Gasteiger charge is 2.15. The lowest BCUT2D eigenvalue weighted by molar-refractivity contribution is -0.133. The first-order valence-corrected chi connectivity index (χ1v) is 8.66. The highest BCUT2D eigenvalue weighted by atomic mass is 35.5. The van der Waals surface area contributed by atoms with Gasteiger partial charge in [-0.15, -0.1) is 11.8 Å². The van der Waals surface area contributed by atoms with E-state index in [1.54, 1.807) is 42.5 Å². The second kappa shape index (κ2) is 7.07. The zero-order valence-electron chi connectivity index (χ0n) is 12.5. The summed E-state index contributed by atoms with van der Waals surface area (Å²) in [7, 11) is 0. The molecule has 24 heavy (non-hydrogen) atoms. The zero-order chi connectivity index (χ0) is 17.1. The van der Waals surface area contributed by atoms with Crippen molar-refractivity contribution in [3.05, 3.63) is 69.7 Å². The van der Waals surface area contributed by atoms with Crippen molar-refractivity contribution in [2.75, 3.05) is 5.75 Å². The number of hydrogen-bond donors (Lipinski definition) is 1. The third kappa shape index (κ3) is 3.29. The topological polar surface area (TPSA) is 72.2 Å². The van der Waals surface area contributed by atoms with E-state index < -0.39 is 5.97 Å². The predicted octanol–water partition coefficient (Wildman–Crippen LogP) is 3.36. The molecule has 1 N–H and O–H groups in total. The average Bonchev–Trinajstić information content (AvgIpc) is 2.56. The molecule has 0 amide bonds. The van der Waals surface area contributed by atoms with Gasteiger partial charge in [-0.3, -0.25) is 14.2 Å². The summed E-state index contributed by atoms with van der Waals surface area (Å²) in [4.78, 5) is 28.2. The molecule has 0 bridgehead atoms. The van der Waals surface area contributed by atoms with Crippen LogP contribution in [0.25, 0.3) is 16.6 Å². The van der Waals surface area contributed by atoms with Gasteiger partial charge in [0, 0.05) is 0 Å². The van der Waals surface area contributed by atoms with Gasteiger partial charge in [0.15, 0.2) is 0 Å². The van der Waals surface area contributed by atoms with Gasteiger partial charge < -0.3 is 5.11 Å². The molecule has 0 fully saturated rings. The van der Waals surface area contributed by atoms with E-state index in [9.17, 15) is 9.59 Å². The molecule has 1 aromatic heterocycles. The lowest BCUT2D eigenvalue weighted by Crippen LogP contribution is -2.24. The second-order valence-electron chi connectivity index (χ2n) is 5.02. The van der Waals surface area contributed by atoms with Gasteiger partial charge in [-0.25, -0.2) is 4.98 Å². The number of hydrogen-bond acceptors (Lipinski definition) is 4. The molecule has 0 spiro atoms. The normalized spacial score (nSPS) is 10.9. The largest absolute Gasteiger partial charge is 0.481 e. The van der Waals surface area contributed by atoms with Crippen LogP contribution in [-0.2, 0) is 10.5 Å². The molecule has 122 valence electrons. The third-order valence-electron chi connectivity index (χ3n) is 3.40. The standard InChI is InChI=1S/C17H13ClN2O3S/c18-12-6-2-4-8-14(12)20-15(9-24-10-16(21)22)19-13-7-3-1-5-11(13)17(20)23/h1-8H,9-10H2,(H,21,22). The monoisotopic (exact) mass is 360 g/mol. The molecule has 5 nitrogen and oxygen atoms in total. The van der Waals surface area contributed by atoms with E-state index >= 15 is 0 Å². The molecule has 0 radical (unpaired) electrons. The van der Waals surface area contributed by atoms with Crippen molar-refractivity contribution in [2.45, 2.75) is 5.75 Å². The Kier molecular flexibility index (Phi) is 4.87. The lowest BCUT2D eigenvalue weighted by Gasteiger charge is -2.14. The first-order chi connectivity index (χ1) is 11.6. The van der Waals surface area contributed by atoms with Crippen LogP contribution in [0.1, 0.15) is 5.82 Å². The SMILES string of the molecule is O=C(O)CSCc1nc2ccccc2c(=O)n1-c1ccccc1Cl. The number of nitrogens with zero attached hydrogens (tertiary/aromatic N) is 2. The quantitative estimate of drug-likeness (QED) is 0.755. The van der Waals surface area contributed by atoms with Crippen molar-refractivity contribution in [2.24, 2.45) is 0 Å². The number of carboxylic acid groups (broad SMARTS) is 1. The van der Waals surface area contributed by atoms with Gasteiger partial charge in [0.2, 0.25) is 0 Å². The lowest BCUT2D eigenvalue weighted by atomic mass is 10.2. The minimum Gasteiger partial charge on any atom is -0.481 e. The molecular formula is C17H13ClN2O3S. The molecule has 3 rings (SSSR count). The number of aromatic nitrogens is 2. The molecule has 7 heteroatoms. The Morgan fingerprint density at radius 3 is 2.62 bits per heavy atom. The van der Waals surface area contributed by atoms with Crippen LogP contribution in [0, 0.1) is 0 Å². The number of thioether (sulfide) groups is 1. The number of fused-ring (bicyclic) bond motifs is 1. The van der Waals surface area contributed by atoms with Gasteiger partial charge in [0.25, 0.3) is 5.56 Å². The van der Waals surface area contributed by atoms with Crippen molar-refractivity contribution in [1.82, 2.24) is 9.55 Å². The van der Waals surface area contributed by atoms with Crippen molar-refractivity contribution in [3.63, 3.8) is 0 Å². The molecule has 0 unspecified atom stereocenters. The molecule has 0 saturated heterocycles. The summed E-state index contributed by atoms with van der Waals surface area (Å²) in [6.45, 7) is 0. The number of carbonyl (C=O) groups is 1. The number of rotatable bonds is 5. The third-order valence-corrected chi connectivity index (χ3v) is 4.63. The summed E-state index contributed by atoms with van der Waals surface area (Å²) < 4.78 is 1.46. The molecule has 0 aliphatic carbocycles. The summed E-state index contributed by atoms with van der Waals surface area (Å²) in [6, 6.07) is 14.1. The van der Waals surface area contributed by atoms with Crippen LogP contribution in [0.3, 0.4) is 0 Å². The number of para-hydroxylation sites is 2. The van der Waals surface area contributed by atoms with E-state index in [0.29, 0.717) is 27.4 Å². The second-order valence-corrected chi connectivity index (χ2v) is 6.42. The summed E-state index contributed by atoms with van der Waals surface area (Å²) in [5.41, 5.74) is 0.893. The maximum Gasteiger partial charge on any atom is 0.313 e. The first-order valence-electron chi connectivity index (χ1n) is 7.13. The van der Waals surface area contributed by atoms with Crippen molar-refractivity contribution >= 4 is 40.2 Å². The Balaban J connectivity index is 2.20. The summed E-state index contributed by atoms with van der Waals surface area (Å²) >= 11 is 7.43. The molecule has 3 aromatic rings. The summed E-state index contributed by atoms with van der Waals surface area (Å²) in [5, 5.41) is 9.74. The van der Waals surface area contributed by atoms with Crippen LogP contribution < -0.4 is 5.56 Å². The molecule has 0 saturated carbocycles. The molecule has 0 aliphatic heterocycles. The van der Waals surface area contributed by atoms with Gasteiger partial charge in [-0.2, -0.15) is 0 Å². The summed E-state index contributed by atoms with van der Waals surface area (Å²) in [6.07, 6.45) is 0. The maximum atomic E-state index is 12.9. The smallest absolute Gasteiger partial charge is 0.313 e. The van der Waals surface area contributed by atoms with Crippen LogP contribution in [0.2, 0.25) is 5.02 Å². The van der Waals surface area contributed by atoms with E-state index in [1.165, 1.54) is 16.3 Å². The van der Waals surface area contributed by atoms with Crippen LogP contribution >= 0.6 is 23.4 Å². The Bertz CT molecular complexity index is 971. The zero-order valence-corrected chi connectivity index (χ0v) is 14.0. The first kappa shape index (κ1) is 16.5. The van der Waals surface area contributed by atoms with Crippen LogP contribution in [-0.4, -0.2) is 26.4 Å². The van der Waals surface area contributed by atoms with Crippen LogP contribution in [0.5, 0.6) is 0 Å². The van der Waals surface area contributed by atoms with Crippen LogP contribution in [0.4, 0.5) is 0 Å². The Labute approximate surface area is 146 Å². The van der Waals surface area contributed by atoms with E-state index in [1.807, 2.05) is 6.07 Å². The maximum absolute atomic E-state index is 12.9. The number of carboxylic acids is 1. The highest BCUT2D eigenvalue weighted by Crippen LogP contribution is 2.22. The van der Waals surface area contributed by atoms with Crippen molar-refractivity contribution < 1.29 is 9.90 Å². The van der Waals surface area contributed by atoms with Gasteiger partial charge in [0.1, 0.15) is 5.82 Å². The predicted molar refractivity (Wildman–Crippen MR) is 96.1 cm³/mol. The highest BCUT2D eigenvalue weighted by molar-refractivity contribution is 7.99. The minimum atomic E-state index is -0.910. The van der Waals surface area contributed by atoms with Crippen molar-refractivity contribution in [3.8, 4) is 5.69 Å².